The summed E-state index contributed by atoms with van der Waals surface area (Å²) in [7, 11) is 1.68. The highest BCUT2D eigenvalue weighted by Gasteiger charge is 2.24. The lowest BCUT2D eigenvalue weighted by Crippen LogP contribution is -2.26. The first-order chi connectivity index (χ1) is 9.76. The van der Waals surface area contributed by atoms with E-state index in [1.165, 1.54) is 49.8 Å². The third-order valence-electron chi connectivity index (χ3n) is 4.86. The number of hydrogen-bond acceptors (Lipinski definition) is 2. The Balaban J connectivity index is 1.67. The van der Waals surface area contributed by atoms with Crippen molar-refractivity contribution in [3.05, 3.63) is 22.7 Å². The maximum absolute atomic E-state index is 6.19. The van der Waals surface area contributed by atoms with E-state index in [2.05, 4.69) is 11.4 Å². The summed E-state index contributed by atoms with van der Waals surface area (Å²) in [5, 5.41) is 4.25. The highest BCUT2D eigenvalue weighted by Crippen LogP contribution is 2.37. The highest BCUT2D eigenvalue weighted by molar-refractivity contribution is 6.32. The highest BCUT2D eigenvalue weighted by atomic mass is 35.5. The number of rotatable bonds is 3. The first kappa shape index (κ1) is 14.1. The molecule has 1 unspecified atom stereocenters. The van der Waals surface area contributed by atoms with Crippen molar-refractivity contribution in [2.45, 2.75) is 44.9 Å². The van der Waals surface area contributed by atoms with Gasteiger partial charge in [0.1, 0.15) is 5.75 Å². The van der Waals surface area contributed by atoms with E-state index in [0.717, 1.165) is 30.6 Å². The van der Waals surface area contributed by atoms with E-state index in [1.807, 2.05) is 6.07 Å². The van der Waals surface area contributed by atoms with Gasteiger partial charge in [-0.05, 0) is 42.4 Å². The van der Waals surface area contributed by atoms with Gasteiger partial charge in [-0.25, -0.2) is 0 Å². The lowest BCUT2D eigenvalue weighted by Gasteiger charge is -2.31. The normalized spacial score (nSPS) is 23.0. The fourth-order valence-electron chi connectivity index (χ4n) is 3.78. The van der Waals surface area contributed by atoms with Gasteiger partial charge >= 0.3 is 0 Å². The Hall–Kier alpha value is -0.890. The van der Waals surface area contributed by atoms with Crippen LogP contribution in [0.4, 0.5) is 5.69 Å². The molecule has 0 amide bonds. The predicted molar refractivity (Wildman–Crippen MR) is 84.9 cm³/mol. The number of ether oxygens (including phenoxy) is 1. The number of halogens is 1. The third-order valence-corrected chi connectivity index (χ3v) is 5.15. The molecule has 1 saturated carbocycles. The second-order valence-corrected chi connectivity index (χ2v) is 6.74. The molecular formula is C17H24ClNO. The molecule has 0 radical (unpaired) electrons. The summed E-state index contributed by atoms with van der Waals surface area (Å²) in [6.07, 6.45) is 9.72. The lowest BCUT2D eigenvalue weighted by molar-refractivity contribution is 0.289. The number of hydrogen-bond donors (Lipinski definition) is 1. The van der Waals surface area contributed by atoms with E-state index in [9.17, 15) is 0 Å². The molecule has 2 nitrogen and oxygen atoms in total. The molecule has 0 aromatic heterocycles. The van der Waals surface area contributed by atoms with Crippen LogP contribution < -0.4 is 10.1 Å². The van der Waals surface area contributed by atoms with E-state index in [1.54, 1.807) is 7.11 Å². The maximum Gasteiger partial charge on any atom is 0.137 e. The van der Waals surface area contributed by atoms with E-state index in [4.69, 9.17) is 16.3 Å². The average molecular weight is 294 g/mol. The van der Waals surface area contributed by atoms with Gasteiger partial charge in [-0.2, -0.15) is 0 Å². The zero-order chi connectivity index (χ0) is 13.9. The summed E-state index contributed by atoms with van der Waals surface area (Å²) in [4.78, 5) is 0. The van der Waals surface area contributed by atoms with Crippen molar-refractivity contribution >= 4 is 17.3 Å². The van der Waals surface area contributed by atoms with Gasteiger partial charge in [-0.15, -0.1) is 0 Å². The van der Waals surface area contributed by atoms with E-state index < -0.39 is 0 Å². The molecular weight excluding hydrogens is 270 g/mol. The summed E-state index contributed by atoms with van der Waals surface area (Å²) in [5.74, 6) is 2.51. The van der Waals surface area contributed by atoms with E-state index >= 15 is 0 Å². The van der Waals surface area contributed by atoms with Gasteiger partial charge in [-0.3, -0.25) is 0 Å². The number of fused-ring (bicyclic) bond motifs is 1. The topological polar surface area (TPSA) is 21.3 Å². The molecule has 1 aromatic carbocycles. The Bertz CT molecular complexity index is 468. The van der Waals surface area contributed by atoms with Crippen molar-refractivity contribution < 1.29 is 4.74 Å². The van der Waals surface area contributed by atoms with Crippen LogP contribution in [-0.2, 0) is 6.42 Å². The Labute approximate surface area is 126 Å². The number of benzene rings is 1. The van der Waals surface area contributed by atoms with E-state index in [0.29, 0.717) is 5.02 Å². The summed E-state index contributed by atoms with van der Waals surface area (Å²) in [5.41, 5.74) is 2.55. The monoisotopic (exact) mass is 293 g/mol. The van der Waals surface area contributed by atoms with Crippen LogP contribution in [0.25, 0.3) is 0 Å². The van der Waals surface area contributed by atoms with Gasteiger partial charge in [0.2, 0.25) is 0 Å². The number of anilines is 1. The molecule has 1 fully saturated rings. The van der Waals surface area contributed by atoms with Crippen molar-refractivity contribution in [3.8, 4) is 5.75 Å². The standard InChI is InChI=1S/C17H24ClNO/c1-20-17-9-14-8-13(7-12-5-3-2-4-6-12)11-19-16(14)10-15(17)18/h9-10,12-13,19H,2-8,11H2,1H3. The van der Waals surface area contributed by atoms with Crippen LogP contribution in [0.5, 0.6) is 5.75 Å². The minimum Gasteiger partial charge on any atom is -0.495 e. The van der Waals surface area contributed by atoms with Crippen LogP contribution in [0.2, 0.25) is 5.02 Å². The average Bonchev–Trinajstić information content (AvgIpc) is 2.48. The summed E-state index contributed by atoms with van der Waals surface area (Å²) < 4.78 is 5.34. The predicted octanol–water partition coefficient (Wildman–Crippen LogP) is 4.90. The summed E-state index contributed by atoms with van der Waals surface area (Å²) in [6, 6.07) is 4.12. The quantitative estimate of drug-likeness (QED) is 0.855. The minimum absolute atomic E-state index is 0.699. The summed E-state index contributed by atoms with van der Waals surface area (Å²) >= 11 is 6.19. The van der Waals surface area contributed by atoms with Crippen LogP contribution in [0, 0.1) is 11.8 Å². The van der Waals surface area contributed by atoms with Crippen LogP contribution >= 0.6 is 11.6 Å². The largest absolute Gasteiger partial charge is 0.495 e. The molecule has 1 aromatic rings. The third kappa shape index (κ3) is 3.06. The van der Waals surface area contributed by atoms with Crippen molar-refractivity contribution in [1.29, 1.82) is 0 Å². The molecule has 0 bridgehead atoms. The fraction of sp³-hybridized carbons (Fsp3) is 0.647. The van der Waals surface area contributed by atoms with Crippen LogP contribution in [0.3, 0.4) is 0 Å². The second-order valence-electron chi connectivity index (χ2n) is 6.33. The number of nitrogens with one attached hydrogen (secondary N) is 1. The molecule has 0 saturated heterocycles. The Morgan fingerprint density at radius 1 is 1.20 bits per heavy atom. The zero-order valence-electron chi connectivity index (χ0n) is 12.3. The van der Waals surface area contributed by atoms with Gasteiger partial charge in [0.15, 0.2) is 0 Å². The molecule has 110 valence electrons. The second kappa shape index (κ2) is 6.26. The van der Waals surface area contributed by atoms with Crippen LogP contribution in [-0.4, -0.2) is 13.7 Å². The van der Waals surface area contributed by atoms with Gasteiger partial charge in [0.25, 0.3) is 0 Å². The molecule has 1 aliphatic heterocycles. The molecule has 2 aliphatic rings. The SMILES string of the molecule is COc1cc2c(cc1Cl)NCC(CC1CCCCC1)C2. The number of methoxy groups -OCH3 is 1. The molecule has 1 atom stereocenters. The van der Waals surface area contributed by atoms with Crippen molar-refractivity contribution in [2.75, 3.05) is 19.0 Å². The minimum atomic E-state index is 0.699. The van der Waals surface area contributed by atoms with Gasteiger partial charge < -0.3 is 10.1 Å². The lowest BCUT2D eigenvalue weighted by atomic mass is 9.80. The van der Waals surface area contributed by atoms with Gasteiger partial charge in [-0.1, -0.05) is 43.7 Å². The maximum atomic E-state index is 6.19. The van der Waals surface area contributed by atoms with Gasteiger partial charge in [0, 0.05) is 12.2 Å². The molecule has 3 rings (SSSR count). The molecule has 20 heavy (non-hydrogen) atoms. The first-order valence-electron chi connectivity index (χ1n) is 7.86. The Kier molecular flexibility index (Phi) is 4.40. The fourth-order valence-corrected chi connectivity index (χ4v) is 4.02. The first-order valence-corrected chi connectivity index (χ1v) is 8.24. The smallest absolute Gasteiger partial charge is 0.137 e. The van der Waals surface area contributed by atoms with Gasteiger partial charge in [0.05, 0.1) is 12.1 Å². The zero-order valence-corrected chi connectivity index (χ0v) is 13.0. The van der Waals surface area contributed by atoms with Crippen molar-refractivity contribution in [3.63, 3.8) is 0 Å². The Morgan fingerprint density at radius 3 is 2.75 bits per heavy atom. The molecule has 3 heteroatoms. The van der Waals surface area contributed by atoms with E-state index in [-0.39, 0.29) is 0 Å². The summed E-state index contributed by atoms with van der Waals surface area (Å²) in [6.45, 7) is 1.09. The van der Waals surface area contributed by atoms with Crippen LogP contribution in [0.1, 0.15) is 44.1 Å². The van der Waals surface area contributed by atoms with Crippen molar-refractivity contribution in [2.24, 2.45) is 11.8 Å². The Morgan fingerprint density at radius 2 is 2.00 bits per heavy atom. The molecule has 1 aliphatic carbocycles. The molecule has 1 N–H and O–H groups in total. The van der Waals surface area contributed by atoms with Crippen molar-refractivity contribution in [1.82, 2.24) is 0 Å². The molecule has 1 heterocycles. The molecule has 0 spiro atoms. The van der Waals surface area contributed by atoms with Crippen LogP contribution in [0.15, 0.2) is 12.1 Å².